The predicted molar refractivity (Wildman–Crippen MR) is 121 cm³/mol. The molecule has 2 N–H and O–H groups in total. The lowest BCUT2D eigenvalue weighted by molar-refractivity contribution is -0.138. The molecule has 3 heterocycles. The molecular formula is C22H22Cl2FN3O3. The van der Waals surface area contributed by atoms with E-state index >= 15 is 0 Å². The number of hydrogen-bond donors (Lipinski definition) is 2. The number of fused-ring (bicyclic) bond motifs is 1. The summed E-state index contributed by atoms with van der Waals surface area (Å²) in [7, 11) is 1.56. The van der Waals surface area contributed by atoms with Gasteiger partial charge in [-0.2, -0.15) is 0 Å². The van der Waals surface area contributed by atoms with Gasteiger partial charge in [0, 0.05) is 35.9 Å². The molecule has 1 aliphatic heterocycles. The van der Waals surface area contributed by atoms with E-state index in [1.807, 2.05) is 23.1 Å². The number of pyridine rings is 1. The number of carboxylic acid groups (broad SMARTS) is 1. The van der Waals surface area contributed by atoms with Gasteiger partial charge in [-0.1, -0.05) is 6.08 Å². The van der Waals surface area contributed by atoms with Crippen LogP contribution in [-0.4, -0.2) is 58.0 Å². The van der Waals surface area contributed by atoms with Crippen molar-refractivity contribution in [1.29, 1.82) is 0 Å². The van der Waals surface area contributed by atoms with Crippen molar-refractivity contribution < 1.29 is 19.0 Å². The van der Waals surface area contributed by atoms with Crippen LogP contribution in [0.1, 0.15) is 12.1 Å². The van der Waals surface area contributed by atoms with Crippen molar-refractivity contribution in [3.63, 3.8) is 0 Å². The molecule has 1 aliphatic rings. The number of aromatic amines is 1. The van der Waals surface area contributed by atoms with Crippen LogP contribution in [0.2, 0.25) is 0 Å². The summed E-state index contributed by atoms with van der Waals surface area (Å²) in [5.74, 6) is -0.553. The monoisotopic (exact) mass is 465 g/mol. The maximum Gasteiger partial charge on any atom is 0.317 e. The molecule has 0 radical (unpaired) electrons. The minimum atomic E-state index is -0.819. The lowest BCUT2D eigenvalue weighted by Gasteiger charge is -2.24. The molecule has 0 saturated heterocycles. The van der Waals surface area contributed by atoms with Crippen molar-refractivity contribution in [1.82, 2.24) is 14.9 Å². The average Bonchev–Trinajstić information content (AvgIpc) is 3.19. The summed E-state index contributed by atoms with van der Waals surface area (Å²) in [6.45, 7) is 1.32. The largest absolute Gasteiger partial charge is 0.496 e. The van der Waals surface area contributed by atoms with E-state index in [-0.39, 0.29) is 17.7 Å². The van der Waals surface area contributed by atoms with Crippen LogP contribution in [0.4, 0.5) is 4.39 Å². The normalized spacial score (nSPS) is 14.0. The Morgan fingerprint density at radius 3 is 2.71 bits per heavy atom. The van der Waals surface area contributed by atoms with Crippen LogP contribution in [0.5, 0.6) is 5.75 Å². The first kappa shape index (κ1) is 23.1. The third-order valence-electron chi connectivity index (χ3n) is 4.98. The van der Waals surface area contributed by atoms with Gasteiger partial charge in [-0.3, -0.25) is 9.69 Å². The molecule has 4 rings (SSSR count). The number of rotatable bonds is 5. The van der Waals surface area contributed by atoms with Crippen LogP contribution in [0, 0.1) is 5.82 Å². The molecule has 0 unspecified atom stereocenters. The smallest absolute Gasteiger partial charge is 0.317 e. The van der Waals surface area contributed by atoms with Crippen LogP contribution in [0.3, 0.4) is 0 Å². The molecule has 0 spiro atoms. The number of hydrogen-bond acceptors (Lipinski definition) is 4. The van der Waals surface area contributed by atoms with Crippen molar-refractivity contribution >= 4 is 45.8 Å². The van der Waals surface area contributed by atoms with E-state index in [9.17, 15) is 9.18 Å². The molecule has 2 aromatic heterocycles. The fraction of sp³-hybridized carbons (Fsp3) is 0.273. The molecule has 31 heavy (non-hydrogen) atoms. The number of halogens is 3. The van der Waals surface area contributed by atoms with Gasteiger partial charge in [0.1, 0.15) is 17.2 Å². The molecule has 0 atom stereocenters. The first-order valence-corrected chi connectivity index (χ1v) is 10.6. The maximum atomic E-state index is 13.9. The Morgan fingerprint density at radius 1 is 1.29 bits per heavy atom. The summed E-state index contributed by atoms with van der Waals surface area (Å²) in [6, 6.07) is 8.32. The second-order valence-electron chi connectivity index (χ2n) is 6.86. The molecule has 1 aromatic carbocycles. The second kappa shape index (κ2) is 10.6. The highest BCUT2D eigenvalue weighted by Gasteiger charge is 2.18. The second-order valence-corrected chi connectivity index (χ2v) is 7.67. The molecule has 0 fully saturated rings. The molecule has 164 valence electrons. The van der Waals surface area contributed by atoms with Gasteiger partial charge in [0.05, 0.1) is 19.0 Å². The minimum absolute atomic E-state index is 0.0432. The van der Waals surface area contributed by atoms with Gasteiger partial charge < -0.3 is 14.8 Å². The van der Waals surface area contributed by atoms with E-state index in [2.05, 4.69) is 9.97 Å². The first-order valence-electron chi connectivity index (χ1n) is 9.54. The fourth-order valence-corrected chi connectivity index (χ4v) is 3.62. The van der Waals surface area contributed by atoms with Gasteiger partial charge in [0.2, 0.25) is 0 Å². The molecule has 3 aromatic rings. The number of nitrogens with zero attached hydrogens (tertiary/aromatic N) is 2. The predicted octanol–water partition coefficient (Wildman–Crippen LogP) is 4.97. The molecule has 0 aliphatic carbocycles. The number of methoxy groups -OCH3 is 1. The van der Waals surface area contributed by atoms with Gasteiger partial charge in [0.25, 0.3) is 0 Å². The topological polar surface area (TPSA) is 78.5 Å². The fourth-order valence-electron chi connectivity index (χ4n) is 3.62. The lowest BCUT2D eigenvalue weighted by Crippen LogP contribution is -2.33. The van der Waals surface area contributed by atoms with Gasteiger partial charge in [0.15, 0.2) is 0 Å². The van der Waals surface area contributed by atoms with Crippen molar-refractivity contribution in [2.45, 2.75) is 6.42 Å². The highest BCUT2D eigenvalue weighted by molar-refractivity contribution is 6.40. The van der Waals surface area contributed by atoms with Crippen LogP contribution >= 0.6 is 23.2 Å². The Balaban J connectivity index is 0.000000858. The van der Waals surface area contributed by atoms with Crippen molar-refractivity contribution in [3.8, 4) is 16.9 Å². The van der Waals surface area contributed by atoms with Crippen molar-refractivity contribution in [2.24, 2.45) is 0 Å². The van der Waals surface area contributed by atoms with Gasteiger partial charge in [-0.05, 0) is 47.9 Å². The highest BCUT2D eigenvalue weighted by Crippen LogP contribution is 2.36. The van der Waals surface area contributed by atoms with E-state index in [0.29, 0.717) is 30.0 Å². The number of alkyl halides is 2. The molecule has 9 heteroatoms. The number of aliphatic carboxylic acids is 1. The SMILES string of the molecule is COc1ccc(F)cc1-c1ccnc2[nH]c(C3=CCN(CC(=O)O)CC3)cc12.ClCCl. The highest BCUT2D eigenvalue weighted by atomic mass is 35.5. The lowest BCUT2D eigenvalue weighted by atomic mass is 10.0. The Hall–Kier alpha value is -2.61. The van der Waals surface area contributed by atoms with Crippen molar-refractivity contribution in [2.75, 3.05) is 32.1 Å². The van der Waals surface area contributed by atoms with E-state index in [4.69, 9.17) is 33.0 Å². The summed E-state index contributed by atoms with van der Waals surface area (Å²) in [6.07, 6.45) is 4.48. The maximum absolute atomic E-state index is 13.9. The molecule has 6 nitrogen and oxygen atoms in total. The Labute approximate surface area is 189 Å². The van der Waals surface area contributed by atoms with Crippen LogP contribution in [0.15, 0.2) is 42.6 Å². The number of H-pyrrole nitrogens is 1. The Morgan fingerprint density at radius 2 is 2.06 bits per heavy atom. The van der Waals surface area contributed by atoms with E-state index in [1.54, 1.807) is 19.4 Å². The van der Waals surface area contributed by atoms with Crippen LogP contribution in [0.25, 0.3) is 27.7 Å². The van der Waals surface area contributed by atoms with Gasteiger partial charge >= 0.3 is 5.97 Å². The van der Waals surface area contributed by atoms with Crippen LogP contribution in [-0.2, 0) is 4.79 Å². The number of nitrogens with one attached hydrogen (secondary N) is 1. The third kappa shape index (κ3) is 5.55. The van der Waals surface area contributed by atoms with Crippen molar-refractivity contribution in [3.05, 3.63) is 54.1 Å². The number of benzene rings is 1. The number of carboxylic acids is 1. The summed E-state index contributed by atoms with van der Waals surface area (Å²) in [5.41, 5.74) is 4.29. The Kier molecular flexibility index (Phi) is 7.90. The van der Waals surface area contributed by atoms with E-state index < -0.39 is 5.97 Å². The number of aromatic nitrogens is 2. The van der Waals surface area contributed by atoms with Crippen LogP contribution < -0.4 is 4.74 Å². The Bertz CT molecular complexity index is 1100. The molecule has 0 saturated carbocycles. The van der Waals surface area contributed by atoms with E-state index in [0.717, 1.165) is 28.6 Å². The molecule has 0 bridgehead atoms. The first-order chi connectivity index (χ1) is 15.0. The van der Waals surface area contributed by atoms with E-state index in [1.165, 1.54) is 12.1 Å². The quantitative estimate of drug-likeness (QED) is 0.519. The minimum Gasteiger partial charge on any atom is -0.496 e. The number of carbonyl (C=O) groups is 1. The summed E-state index contributed by atoms with van der Waals surface area (Å²) < 4.78 is 19.3. The standard InChI is InChI=1S/C21H20FN3O3.CH2Cl2/c1-28-19-3-2-14(22)10-16(19)15-4-7-23-21-17(15)11-18(24-21)13-5-8-25(9-6-13)12-20(26)27;2-1-3/h2-5,7,10-11H,6,8-9,12H2,1H3,(H,23,24)(H,26,27);1H2. The summed E-state index contributed by atoms with van der Waals surface area (Å²) in [5, 5.41) is 10.0. The summed E-state index contributed by atoms with van der Waals surface area (Å²) in [4.78, 5) is 20.5. The zero-order valence-electron chi connectivity index (χ0n) is 16.9. The summed E-state index contributed by atoms with van der Waals surface area (Å²) >= 11 is 9.53. The number of ether oxygens (including phenoxy) is 1. The third-order valence-corrected chi connectivity index (χ3v) is 4.98. The van der Waals surface area contributed by atoms with Gasteiger partial charge in [-0.25, -0.2) is 9.37 Å². The van der Waals surface area contributed by atoms with Gasteiger partial charge in [-0.15, -0.1) is 23.2 Å². The molecular weight excluding hydrogens is 444 g/mol. The zero-order chi connectivity index (χ0) is 22.4. The molecule has 0 amide bonds. The average molecular weight is 466 g/mol. The zero-order valence-corrected chi connectivity index (χ0v) is 18.4.